The van der Waals surface area contributed by atoms with Gasteiger partial charge in [0.1, 0.15) is 6.61 Å². The molecule has 0 fully saturated rings. The fraction of sp³-hybridized carbons (Fsp3) is 0.125. The molecule has 1 amide bonds. The molecule has 0 bridgehead atoms. The molecule has 1 rings (SSSR count). The van der Waals surface area contributed by atoms with Gasteiger partial charge in [0.2, 0.25) is 0 Å². The van der Waals surface area contributed by atoms with Gasteiger partial charge in [-0.1, -0.05) is 24.3 Å². The first-order chi connectivity index (χ1) is 6.59. The zero-order valence-electron chi connectivity index (χ0n) is 7.30. The molecular formula is C8H9BNO4. The summed E-state index contributed by atoms with van der Waals surface area (Å²) in [6, 6.07) is 6.21. The highest BCUT2D eigenvalue weighted by Crippen LogP contribution is 1.99. The van der Waals surface area contributed by atoms with Gasteiger partial charge in [-0.25, -0.2) is 10.5 Å². The van der Waals surface area contributed by atoms with E-state index in [4.69, 9.17) is 15.8 Å². The molecule has 0 atom stereocenters. The predicted molar refractivity (Wildman–Crippen MR) is 49.5 cm³/mol. The number of benzene rings is 1. The van der Waals surface area contributed by atoms with Crippen molar-refractivity contribution in [1.82, 2.24) is 5.73 Å². The summed E-state index contributed by atoms with van der Waals surface area (Å²) in [5.41, 5.74) is 7.55. The molecule has 0 unspecified atom stereocenters. The predicted octanol–water partition coefficient (Wildman–Crippen LogP) is -0.714. The molecule has 1 radical (unpaired) electrons. The van der Waals surface area contributed by atoms with E-state index in [0.29, 0.717) is 11.0 Å². The Kier molecular flexibility index (Phi) is 3.50. The molecule has 0 saturated heterocycles. The van der Waals surface area contributed by atoms with Crippen LogP contribution < -0.4 is 11.2 Å². The van der Waals surface area contributed by atoms with Gasteiger partial charge in [0.25, 0.3) is 0 Å². The molecular weight excluding hydrogens is 185 g/mol. The number of nitrogens with one attached hydrogen (secondary N) is 1. The third-order valence-corrected chi connectivity index (χ3v) is 1.65. The highest BCUT2D eigenvalue weighted by molar-refractivity contribution is 6.58. The molecule has 0 aliphatic rings. The van der Waals surface area contributed by atoms with Gasteiger partial charge >= 0.3 is 13.2 Å². The number of carbonyl (C=O) groups excluding carboxylic acids is 1. The number of ether oxygens (including phenoxy) is 1. The van der Waals surface area contributed by atoms with Crippen LogP contribution in [0.1, 0.15) is 5.56 Å². The summed E-state index contributed by atoms with van der Waals surface area (Å²) >= 11 is 0. The third-order valence-electron chi connectivity index (χ3n) is 1.65. The number of carbonyl (C=O) groups is 1. The lowest BCUT2D eigenvalue weighted by Crippen LogP contribution is -2.29. The minimum Gasteiger partial charge on any atom is -0.443 e. The Morgan fingerprint density at radius 1 is 1.36 bits per heavy atom. The molecule has 1 aromatic rings. The van der Waals surface area contributed by atoms with Crippen molar-refractivity contribution in [1.29, 1.82) is 0 Å². The van der Waals surface area contributed by atoms with Crippen LogP contribution in [0.25, 0.3) is 0 Å². The SMILES string of the molecule is [NH]C(=O)OCc1ccc(B(O)O)cc1. The van der Waals surface area contributed by atoms with E-state index in [1.165, 1.54) is 12.1 Å². The van der Waals surface area contributed by atoms with Crippen LogP contribution in [-0.2, 0) is 11.3 Å². The summed E-state index contributed by atoms with van der Waals surface area (Å²) in [7, 11) is -1.50. The first-order valence-electron chi connectivity index (χ1n) is 3.93. The standard InChI is InChI=1S/C8H9BNO4/c10-8(11)14-5-6-1-3-7(4-2-6)9(12)13/h1-4,10,12-13H,5H2. The van der Waals surface area contributed by atoms with Gasteiger partial charge in [-0.3, -0.25) is 0 Å². The van der Waals surface area contributed by atoms with Crippen molar-refractivity contribution in [3.05, 3.63) is 29.8 Å². The van der Waals surface area contributed by atoms with E-state index in [0.717, 1.165) is 0 Å². The van der Waals surface area contributed by atoms with E-state index in [1.807, 2.05) is 0 Å². The maximum absolute atomic E-state index is 10.2. The average Bonchev–Trinajstić information content (AvgIpc) is 2.15. The summed E-state index contributed by atoms with van der Waals surface area (Å²) in [6.45, 7) is 0.0180. The molecule has 6 heteroatoms. The van der Waals surface area contributed by atoms with E-state index in [1.54, 1.807) is 12.1 Å². The Hall–Kier alpha value is -1.53. The van der Waals surface area contributed by atoms with E-state index in [9.17, 15) is 4.79 Å². The lowest BCUT2D eigenvalue weighted by molar-refractivity contribution is 0.148. The minimum atomic E-state index is -1.50. The summed E-state index contributed by atoms with van der Waals surface area (Å²) < 4.78 is 4.43. The number of hydrogen-bond acceptors (Lipinski definition) is 4. The topological polar surface area (TPSA) is 90.6 Å². The Balaban J connectivity index is 2.59. The normalized spacial score (nSPS) is 9.57. The first-order valence-corrected chi connectivity index (χ1v) is 3.93. The molecule has 0 spiro atoms. The Morgan fingerprint density at radius 2 is 1.93 bits per heavy atom. The lowest BCUT2D eigenvalue weighted by Gasteiger charge is -2.02. The Bertz CT molecular complexity index is 312. The lowest BCUT2D eigenvalue weighted by atomic mass is 9.80. The second kappa shape index (κ2) is 4.64. The molecule has 0 aromatic heterocycles. The quantitative estimate of drug-likeness (QED) is 0.621. The van der Waals surface area contributed by atoms with Crippen molar-refractivity contribution in [3.8, 4) is 0 Å². The second-order valence-electron chi connectivity index (χ2n) is 2.69. The van der Waals surface area contributed by atoms with Gasteiger partial charge in [-0.05, 0) is 11.0 Å². The van der Waals surface area contributed by atoms with Crippen LogP contribution in [0.2, 0.25) is 0 Å². The van der Waals surface area contributed by atoms with Crippen LogP contribution in [0.4, 0.5) is 4.79 Å². The summed E-state index contributed by atoms with van der Waals surface area (Å²) in [4.78, 5) is 10.2. The van der Waals surface area contributed by atoms with E-state index in [2.05, 4.69) is 4.74 Å². The molecule has 0 aliphatic heterocycles. The molecule has 73 valence electrons. The molecule has 14 heavy (non-hydrogen) atoms. The average molecular weight is 194 g/mol. The van der Waals surface area contributed by atoms with Crippen LogP contribution in [0.3, 0.4) is 0 Å². The summed E-state index contributed by atoms with van der Waals surface area (Å²) in [5, 5.41) is 17.5. The van der Waals surface area contributed by atoms with Crippen molar-refractivity contribution in [3.63, 3.8) is 0 Å². The largest absolute Gasteiger partial charge is 0.488 e. The van der Waals surface area contributed by atoms with Crippen molar-refractivity contribution in [2.45, 2.75) is 6.61 Å². The van der Waals surface area contributed by atoms with Crippen LogP contribution >= 0.6 is 0 Å². The van der Waals surface area contributed by atoms with Gasteiger partial charge in [-0.2, -0.15) is 0 Å². The number of amides is 1. The van der Waals surface area contributed by atoms with Crippen molar-refractivity contribution in [2.75, 3.05) is 0 Å². The third kappa shape index (κ3) is 3.08. The fourth-order valence-corrected chi connectivity index (χ4v) is 0.935. The van der Waals surface area contributed by atoms with Gasteiger partial charge in [0.15, 0.2) is 0 Å². The molecule has 0 saturated carbocycles. The minimum absolute atomic E-state index is 0.0180. The zero-order valence-corrected chi connectivity index (χ0v) is 7.30. The molecule has 0 heterocycles. The van der Waals surface area contributed by atoms with Gasteiger partial charge in [-0.15, -0.1) is 0 Å². The van der Waals surface area contributed by atoms with Crippen molar-refractivity contribution in [2.24, 2.45) is 0 Å². The van der Waals surface area contributed by atoms with Gasteiger partial charge < -0.3 is 14.8 Å². The zero-order chi connectivity index (χ0) is 10.6. The highest BCUT2D eigenvalue weighted by Gasteiger charge is 2.09. The number of rotatable bonds is 3. The second-order valence-corrected chi connectivity index (χ2v) is 2.69. The first kappa shape index (κ1) is 10.6. The van der Waals surface area contributed by atoms with Crippen LogP contribution in [0, 0.1) is 0 Å². The van der Waals surface area contributed by atoms with Crippen LogP contribution in [0.15, 0.2) is 24.3 Å². The Labute approximate surface area is 81.3 Å². The Morgan fingerprint density at radius 3 is 2.36 bits per heavy atom. The van der Waals surface area contributed by atoms with E-state index >= 15 is 0 Å². The molecule has 5 nitrogen and oxygen atoms in total. The fourth-order valence-electron chi connectivity index (χ4n) is 0.935. The van der Waals surface area contributed by atoms with Crippen LogP contribution in [-0.4, -0.2) is 23.3 Å². The van der Waals surface area contributed by atoms with E-state index < -0.39 is 13.2 Å². The molecule has 1 aromatic carbocycles. The van der Waals surface area contributed by atoms with Gasteiger partial charge in [0.05, 0.1) is 0 Å². The molecule has 0 aliphatic carbocycles. The van der Waals surface area contributed by atoms with Gasteiger partial charge in [0, 0.05) is 0 Å². The monoisotopic (exact) mass is 194 g/mol. The summed E-state index contributed by atoms with van der Waals surface area (Å²) in [6.07, 6.45) is -1.09. The summed E-state index contributed by atoms with van der Waals surface area (Å²) in [5.74, 6) is 0. The maximum atomic E-state index is 10.2. The molecule has 3 N–H and O–H groups in total. The number of hydrogen-bond donors (Lipinski definition) is 2. The highest BCUT2D eigenvalue weighted by atomic mass is 16.5. The van der Waals surface area contributed by atoms with Crippen LogP contribution in [0.5, 0.6) is 0 Å². The smallest absolute Gasteiger partial charge is 0.443 e. The van der Waals surface area contributed by atoms with Crippen molar-refractivity contribution >= 4 is 18.7 Å². The van der Waals surface area contributed by atoms with Crippen molar-refractivity contribution < 1.29 is 19.6 Å². The maximum Gasteiger partial charge on any atom is 0.488 e. The van der Waals surface area contributed by atoms with E-state index in [-0.39, 0.29) is 6.61 Å².